The highest BCUT2D eigenvalue weighted by molar-refractivity contribution is 5.67. The van der Waals surface area contributed by atoms with Crippen LogP contribution in [0.3, 0.4) is 0 Å². The van der Waals surface area contributed by atoms with Gasteiger partial charge in [0.25, 0.3) is 0 Å². The van der Waals surface area contributed by atoms with Gasteiger partial charge in [-0.05, 0) is 32.9 Å². The van der Waals surface area contributed by atoms with Crippen LogP contribution in [0.15, 0.2) is 24.3 Å². The molecule has 0 aliphatic heterocycles. The molecule has 0 fully saturated rings. The highest BCUT2D eigenvalue weighted by Crippen LogP contribution is 2.23. The maximum absolute atomic E-state index is 10.8. The Labute approximate surface area is 109 Å². The topological polar surface area (TPSA) is 40.5 Å². The van der Waals surface area contributed by atoms with Crippen LogP contribution in [0.1, 0.15) is 44.4 Å². The van der Waals surface area contributed by atoms with E-state index in [9.17, 15) is 4.79 Å². The average molecular weight is 249 g/mol. The van der Waals surface area contributed by atoms with Crippen molar-refractivity contribution in [3.05, 3.63) is 35.4 Å². The number of rotatable bonds is 6. The summed E-state index contributed by atoms with van der Waals surface area (Å²) in [5.41, 5.74) is 2.48. The second-order valence-corrected chi connectivity index (χ2v) is 4.86. The number of aryl methyl sites for hydroxylation is 1. The number of carboxylic acid groups (broad SMARTS) is 1. The van der Waals surface area contributed by atoms with Gasteiger partial charge in [0.1, 0.15) is 0 Å². The van der Waals surface area contributed by atoms with E-state index in [0.717, 1.165) is 6.54 Å². The van der Waals surface area contributed by atoms with Crippen LogP contribution in [-0.4, -0.2) is 28.6 Å². The molecule has 0 saturated carbocycles. The Morgan fingerprint density at radius 1 is 1.28 bits per heavy atom. The van der Waals surface area contributed by atoms with E-state index in [0.29, 0.717) is 0 Å². The van der Waals surface area contributed by atoms with Gasteiger partial charge in [-0.1, -0.05) is 36.8 Å². The molecule has 0 aliphatic rings. The molecular weight excluding hydrogens is 226 g/mol. The van der Waals surface area contributed by atoms with Crippen molar-refractivity contribution >= 4 is 5.97 Å². The van der Waals surface area contributed by atoms with Gasteiger partial charge >= 0.3 is 5.97 Å². The lowest BCUT2D eigenvalue weighted by molar-refractivity contribution is -0.138. The third-order valence-electron chi connectivity index (χ3n) is 3.46. The molecule has 0 radical (unpaired) electrons. The van der Waals surface area contributed by atoms with E-state index in [2.05, 4.69) is 49.9 Å². The van der Waals surface area contributed by atoms with E-state index in [1.54, 1.807) is 0 Å². The lowest BCUT2D eigenvalue weighted by Gasteiger charge is -2.33. The lowest BCUT2D eigenvalue weighted by Crippen LogP contribution is -2.36. The predicted octanol–water partition coefficient (Wildman–Crippen LogP) is 3.24. The molecule has 0 saturated heterocycles. The Kier molecular flexibility index (Phi) is 5.35. The van der Waals surface area contributed by atoms with Crippen molar-refractivity contribution in [2.24, 2.45) is 0 Å². The fraction of sp³-hybridized carbons (Fsp3) is 0.533. The third kappa shape index (κ3) is 3.84. The second kappa shape index (κ2) is 6.55. The van der Waals surface area contributed by atoms with Crippen LogP contribution in [0.2, 0.25) is 0 Å². The standard InChI is InChI=1S/C15H23NO2/c1-5-16(12(3)10-15(17)18)13(4)14-8-6-11(2)7-9-14/h6-9,12-13H,5,10H2,1-4H3,(H,17,18). The molecule has 18 heavy (non-hydrogen) atoms. The molecule has 0 bridgehead atoms. The summed E-state index contributed by atoms with van der Waals surface area (Å²) >= 11 is 0. The molecule has 0 aromatic heterocycles. The second-order valence-electron chi connectivity index (χ2n) is 4.86. The van der Waals surface area contributed by atoms with Crippen LogP contribution >= 0.6 is 0 Å². The molecule has 1 aromatic rings. The Morgan fingerprint density at radius 3 is 2.28 bits per heavy atom. The third-order valence-corrected chi connectivity index (χ3v) is 3.46. The Balaban J connectivity index is 2.81. The van der Waals surface area contributed by atoms with Gasteiger partial charge < -0.3 is 5.11 Å². The molecule has 0 amide bonds. The van der Waals surface area contributed by atoms with E-state index < -0.39 is 5.97 Å². The average Bonchev–Trinajstić information content (AvgIpc) is 2.29. The van der Waals surface area contributed by atoms with Crippen molar-refractivity contribution in [3.8, 4) is 0 Å². The first-order chi connectivity index (χ1) is 8.45. The highest BCUT2D eigenvalue weighted by atomic mass is 16.4. The first kappa shape index (κ1) is 14.7. The molecule has 0 aliphatic carbocycles. The molecule has 100 valence electrons. The number of nitrogens with zero attached hydrogens (tertiary/aromatic N) is 1. The number of hydrogen-bond donors (Lipinski definition) is 1. The molecule has 0 spiro atoms. The van der Waals surface area contributed by atoms with Crippen molar-refractivity contribution in [2.45, 2.75) is 46.2 Å². The summed E-state index contributed by atoms with van der Waals surface area (Å²) in [6.07, 6.45) is 0.185. The summed E-state index contributed by atoms with van der Waals surface area (Å²) in [5.74, 6) is -0.739. The van der Waals surface area contributed by atoms with E-state index in [1.165, 1.54) is 11.1 Å². The minimum absolute atomic E-state index is 0.0452. The van der Waals surface area contributed by atoms with E-state index >= 15 is 0 Å². The number of hydrogen-bond acceptors (Lipinski definition) is 2. The zero-order valence-electron chi connectivity index (χ0n) is 11.7. The fourth-order valence-corrected chi connectivity index (χ4v) is 2.37. The predicted molar refractivity (Wildman–Crippen MR) is 73.7 cm³/mol. The molecule has 3 heteroatoms. The van der Waals surface area contributed by atoms with Crippen molar-refractivity contribution in [3.63, 3.8) is 0 Å². The van der Waals surface area contributed by atoms with Crippen molar-refractivity contribution in [2.75, 3.05) is 6.54 Å². The van der Waals surface area contributed by atoms with Gasteiger partial charge in [0, 0.05) is 12.1 Å². The summed E-state index contributed by atoms with van der Waals surface area (Å²) < 4.78 is 0. The minimum Gasteiger partial charge on any atom is -0.481 e. The lowest BCUT2D eigenvalue weighted by atomic mass is 10.0. The summed E-state index contributed by atoms with van der Waals surface area (Å²) in [7, 11) is 0. The summed E-state index contributed by atoms with van der Waals surface area (Å²) in [6.45, 7) is 9.10. The largest absolute Gasteiger partial charge is 0.481 e. The summed E-state index contributed by atoms with van der Waals surface area (Å²) in [5, 5.41) is 8.89. The van der Waals surface area contributed by atoms with E-state index in [1.807, 2.05) is 6.92 Å². The highest BCUT2D eigenvalue weighted by Gasteiger charge is 2.21. The van der Waals surface area contributed by atoms with Crippen molar-refractivity contribution in [1.29, 1.82) is 0 Å². The van der Waals surface area contributed by atoms with Gasteiger partial charge in [-0.25, -0.2) is 0 Å². The Hall–Kier alpha value is -1.35. The minimum atomic E-state index is -0.739. The molecule has 0 heterocycles. The molecule has 2 atom stereocenters. The smallest absolute Gasteiger partial charge is 0.304 e. The monoisotopic (exact) mass is 249 g/mol. The fourth-order valence-electron chi connectivity index (χ4n) is 2.37. The first-order valence-corrected chi connectivity index (χ1v) is 6.49. The van der Waals surface area contributed by atoms with Crippen LogP contribution in [0, 0.1) is 6.92 Å². The van der Waals surface area contributed by atoms with Crippen LogP contribution in [-0.2, 0) is 4.79 Å². The maximum atomic E-state index is 10.8. The van der Waals surface area contributed by atoms with Gasteiger partial charge in [-0.3, -0.25) is 9.69 Å². The molecule has 1 N–H and O–H groups in total. The Bertz CT molecular complexity index is 386. The van der Waals surface area contributed by atoms with Crippen LogP contribution in [0.4, 0.5) is 0 Å². The normalized spacial score (nSPS) is 14.5. The number of carboxylic acids is 1. The zero-order chi connectivity index (χ0) is 13.7. The molecule has 3 nitrogen and oxygen atoms in total. The Morgan fingerprint density at radius 2 is 1.83 bits per heavy atom. The molecule has 1 rings (SSSR count). The van der Waals surface area contributed by atoms with Gasteiger partial charge in [-0.15, -0.1) is 0 Å². The first-order valence-electron chi connectivity index (χ1n) is 6.49. The summed E-state index contributed by atoms with van der Waals surface area (Å²) in [4.78, 5) is 13.0. The number of carbonyl (C=O) groups is 1. The maximum Gasteiger partial charge on any atom is 0.304 e. The number of benzene rings is 1. The van der Waals surface area contributed by atoms with Gasteiger partial charge in [0.2, 0.25) is 0 Å². The van der Waals surface area contributed by atoms with Crippen LogP contribution in [0.25, 0.3) is 0 Å². The summed E-state index contributed by atoms with van der Waals surface area (Å²) in [6, 6.07) is 8.73. The number of aliphatic carboxylic acids is 1. The van der Waals surface area contributed by atoms with E-state index in [-0.39, 0.29) is 18.5 Å². The molecular formula is C15H23NO2. The van der Waals surface area contributed by atoms with Crippen molar-refractivity contribution in [1.82, 2.24) is 4.90 Å². The van der Waals surface area contributed by atoms with E-state index in [4.69, 9.17) is 5.11 Å². The van der Waals surface area contributed by atoms with Gasteiger partial charge in [-0.2, -0.15) is 0 Å². The van der Waals surface area contributed by atoms with Crippen LogP contribution in [0.5, 0.6) is 0 Å². The van der Waals surface area contributed by atoms with Crippen LogP contribution < -0.4 is 0 Å². The molecule has 2 unspecified atom stereocenters. The quantitative estimate of drug-likeness (QED) is 0.841. The van der Waals surface area contributed by atoms with Gasteiger partial charge in [0.15, 0.2) is 0 Å². The van der Waals surface area contributed by atoms with Crippen molar-refractivity contribution < 1.29 is 9.90 Å². The SMILES string of the molecule is CCN(C(C)CC(=O)O)C(C)c1ccc(C)cc1. The zero-order valence-corrected chi connectivity index (χ0v) is 11.7. The molecule has 1 aromatic carbocycles. The van der Waals surface area contributed by atoms with Gasteiger partial charge in [0.05, 0.1) is 6.42 Å².